The molecule has 1 amide bonds. The van der Waals surface area contributed by atoms with Gasteiger partial charge in [0.2, 0.25) is 11.0 Å². The number of thiazole rings is 1. The molecule has 2 rings (SSSR count). The molecule has 1 fully saturated rings. The van der Waals surface area contributed by atoms with Crippen molar-refractivity contribution in [2.24, 2.45) is 0 Å². The second-order valence-corrected chi connectivity index (χ2v) is 5.00. The number of hydrogen-bond donors (Lipinski definition) is 5. The van der Waals surface area contributed by atoms with Crippen LogP contribution >= 0.6 is 11.3 Å². The number of rotatable bonds is 4. The summed E-state index contributed by atoms with van der Waals surface area (Å²) in [4.78, 5) is 14.9. The van der Waals surface area contributed by atoms with Crippen LogP contribution in [0.25, 0.3) is 0 Å². The number of ether oxygens (including phenoxy) is 1. The monoisotopic (exact) mass is 289 g/mol. The second-order valence-electron chi connectivity index (χ2n) is 4.14. The molecular formula is C10H15N3O5S. The van der Waals surface area contributed by atoms with Gasteiger partial charge in [-0.2, -0.15) is 0 Å². The topological polar surface area (TPSA) is 124 Å². The van der Waals surface area contributed by atoms with Crippen LogP contribution < -0.4 is 10.9 Å². The van der Waals surface area contributed by atoms with E-state index in [1.807, 2.05) is 0 Å². The highest BCUT2D eigenvalue weighted by molar-refractivity contribution is 7.13. The first-order chi connectivity index (χ1) is 9.02. The lowest BCUT2D eigenvalue weighted by molar-refractivity contribution is -0.118. The Morgan fingerprint density at radius 1 is 1.53 bits per heavy atom. The smallest absolute Gasteiger partial charge is 0.235 e. The number of aliphatic hydroxyl groups is 3. The Hall–Kier alpha value is -1.26. The van der Waals surface area contributed by atoms with E-state index in [0.717, 1.165) is 0 Å². The van der Waals surface area contributed by atoms with Crippen molar-refractivity contribution in [2.75, 3.05) is 12.0 Å². The zero-order chi connectivity index (χ0) is 14.0. The third kappa shape index (κ3) is 3.01. The van der Waals surface area contributed by atoms with E-state index < -0.39 is 24.4 Å². The summed E-state index contributed by atoms with van der Waals surface area (Å²) >= 11 is 1.22. The molecular weight excluding hydrogens is 274 g/mol. The van der Waals surface area contributed by atoms with Gasteiger partial charge in [-0.3, -0.25) is 15.6 Å². The van der Waals surface area contributed by atoms with Gasteiger partial charge < -0.3 is 20.1 Å². The highest BCUT2D eigenvalue weighted by atomic mass is 32.1. The second kappa shape index (κ2) is 5.80. The lowest BCUT2D eigenvalue weighted by Gasteiger charge is -2.11. The molecule has 0 unspecified atom stereocenters. The summed E-state index contributed by atoms with van der Waals surface area (Å²) in [5.74, 6) is -0.260. The molecule has 1 aromatic heterocycles. The highest BCUT2D eigenvalue weighted by Crippen LogP contribution is 2.34. The Balaban J connectivity index is 2.04. The van der Waals surface area contributed by atoms with E-state index in [1.54, 1.807) is 5.38 Å². The van der Waals surface area contributed by atoms with E-state index in [1.165, 1.54) is 18.3 Å². The van der Waals surface area contributed by atoms with Crippen LogP contribution in [0.5, 0.6) is 0 Å². The van der Waals surface area contributed by atoms with E-state index >= 15 is 0 Å². The molecule has 4 atom stereocenters. The molecule has 0 spiro atoms. The van der Waals surface area contributed by atoms with Gasteiger partial charge in [-0.25, -0.2) is 4.98 Å². The summed E-state index contributed by atoms with van der Waals surface area (Å²) in [7, 11) is 0. The Labute approximate surface area is 113 Å². The first-order valence-corrected chi connectivity index (χ1v) is 6.51. The van der Waals surface area contributed by atoms with Gasteiger partial charge in [-0.05, 0) is 0 Å². The minimum atomic E-state index is -1.15. The van der Waals surface area contributed by atoms with Crippen molar-refractivity contribution in [3.63, 3.8) is 0 Å². The van der Waals surface area contributed by atoms with Crippen molar-refractivity contribution in [1.82, 2.24) is 10.4 Å². The van der Waals surface area contributed by atoms with Crippen molar-refractivity contribution in [3.05, 3.63) is 11.1 Å². The molecule has 1 aliphatic rings. The molecule has 8 nitrogen and oxygen atoms in total. The molecule has 1 aromatic rings. The van der Waals surface area contributed by atoms with Crippen LogP contribution in [-0.4, -0.2) is 51.1 Å². The molecule has 106 valence electrons. The van der Waals surface area contributed by atoms with Gasteiger partial charge in [0.25, 0.3) is 0 Å². The quantitative estimate of drug-likeness (QED) is 0.439. The SMILES string of the molecule is CC(=O)NNc1nc([C@@H]2O[C@H](CO)[C@@H](O)[C@H]2O)cs1. The summed E-state index contributed by atoms with van der Waals surface area (Å²) in [5.41, 5.74) is 5.40. The average Bonchev–Trinajstić information content (AvgIpc) is 2.94. The molecule has 0 bridgehead atoms. The molecule has 19 heavy (non-hydrogen) atoms. The van der Waals surface area contributed by atoms with Gasteiger partial charge >= 0.3 is 0 Å². The Morgan fingerprint density at radius 2 is 2.26 bits per heavy atom. The fourth-order valence-electron chi connectivity index (χ4n) is 1.76. The fourth-order valence-corrected chi connectivity index (χ4v) is 2.45. The van der Waals surface area contributed by atoms with E-state index in [2.05, 4.69) is 15.8 Å². The Bertz CT molecular complexity index is 454. The van der Waals surface area contributed by atoms with E-state index in [4.69, 9.17) is 9.84 Å². The first-order valence-electron chi connectivity index (χ1n) is 5.63. The van der Waals surface area contributed by atoms with Gasteiger partial charge in [0.15, 0.2) is 0 Å². The summed E-state index contributed by atoms with van der Waals surface area (Å²) in [6.07, 6.45) is -3.92. The van der Waals surface area contributed by atoms with Gasteiger partial charge in [0.1, 0.15) is 24.4 Å². The molecule has 1 saturated heterocycles. The predicted octanol–water partition coefficient (Wildman–Crippen LogP) is -1.24. The largest absolute Gasteiger partial charge is 0.394 e. The number of carbonyl (C=O) groups is 1. The number of hydrogen-bond acceptors (Lipinski definition) is 8. The molecule has 0 aromatic carbocycles. The summed E-state index contributed by atoms with van der Waals surface area (Å²) in [6, 6.07) is 0. The van der Waals surface area contributed by atoms with Crippen LogP contribution in [0.4, 0.5) is 5.13 Å². The van der Waals surface area contributed by atoms with Crippen LogP contribution in [0.1, 0.15) is 18.7 Å². The van der Waals surface area contributed by atoms with Crippen LogP contribution in [0, 0.1) is 0 Å². The van der Waals surface area contributed by atoms with Crippen molar-refractivity contribution in [2.45, 2.75) is 31.3 Å². The number of nitrogens with zero attached hydrogens (tertiary/aromatic N) is 1. The normalized spacial score (nSPS) is 30.3. The predicted molar refractivity (Wildman–Crippen MR) is 66.3 cm³/mol. The molecule has 9 heteroatoms. The third-order valence-corrected chi connectivity index (χ3v) is 3.48. The number of amides is 1. The zero-order valence-corrected chi connectivity index (χ0v) is 10.9. The summed E-state index contributed by atoms with van der Waals surface area (Å²) < 4.78 is 5.34. The van der Waals surface area contributed by atoms with Crippen LogP contribution in [0.3, 0.4) is 0 Å². The molecule has 0 aliphatic carbocycles. The van der Waals surface area contributed by atoms with Crippen molar-refractivity contribution in [1.29, 1.82) is 0 Å². The molecule has 0 saturated carbocycles. The number of aromatic nitrogens is 1. The molecule has 2 heterocycles. The number of carbonyl (C=O) groups excluding carboxylic acids is 1. The molecule has 1 aliphatic heterocycles. The number of aliphatic hydroxyl groups excluding tert-OH is 3. The van der Waals surface area contributed by atoms with Crippen molar-refractivity contribution < 1.29 is 24.9 Å². The minimum absolute atomic E-state index is 0.260. The molecule has 5 N–H and O–H groups in total. The van der Waals surface area contributed by atoms with Gasteiger partial charge in [-0.1, -0.05) is 0 Å². The van der Waals surface area contributed by atoms with Crippen molar-refractivity contribution >= 4 is 22.4 Å². The summed E-state index contributed by atoms with van der Waals surface area (Å²) in [5, 5.41) is 30.5. The third-order valence-electron chi connectivity index (χ3n) is 2.70. The number of hydrazine groups is 1. The highest BCUT2D eigenvalue weighted by Gasteiger charge is 2.44. The van der Waals surface area contributed by atoms with Crippen molar-refractivity contribution in [3.8, 4) is 0 Å². The molecule has 0 radical (unpaired) electrons. The number of anilines is 1. The standard InChI is InChI=1S/C10H15N3O5S/c1-4(15)12-13-10-11-5(3-19-10)9-8(17)7(16)6(2-14)18-9/h3,6-9,14,16-17H,2H2,1H3,(H,11,13)(H,12,15)/t6-,7-,8-,9+/m1/s1. The van der Waals surface area contributed by atoms with Crippen LogP contribution in [-0.2, 0) is 9.53 Å². The number of nitrogens with one attached hydrogen (secondary N) is 2. The Morgan fingerprint density at radius 3 is 2.84 bits per heavy atom. The maximum atomic E-state index is 10.7. The van der Waals surface area contributed by atoms with E-state index in [0.29, 0.717) is 10.8 Å². The zero-order valence-electron chi connectivity index (χ0n) is 10.1. The van der Waals surface area contributed by atoms with Crippen LogP contribution in [0.2, 0.25) is 0 Å². The van der Waals surface area contributed by atoms with Crippen LogP contribution in [0.15, 0.2) is 5.38 Å². The Kier molecular flexibility index (Phi) is 4.32. The lowest BCUT2D eigenvalue weighted by atomic mass is 10.1. The van der Waals surface area contributed by atoms with Gasteiger partial charge in [0.05, 0.1) is 12.3 Å². The average molecular weight is 289 g/mol. The fraction of sp³-hybridized carbons (Fsp3) is 0.600. The maximum absolute atomic E-state index is 10.7. The minimum Gasteiger partial charge on any atom is -0.394 e. The van der Waals surface area contributed by atoms with E-state index in [-0.39, 0.29) is 12.5 Å². The maximum Gasteiger partial charge on any atom is 0.235 e. The summed E-state index contributed by atoms with van der Waals surface area (Å²) in [6.45, 7) is 0.976. The van der Waals surface area contributed by atoms with E-state index in [9.17, 15) is 15.0 Å². The van der Waals surface area contributed by atoms with Gasteiger partial charge in [0, 0.05) is 12.3 Å². The lowest BCUT2D eigenvalue weighted by Crippen LogP contribution is -2.32. The van der Waals surface area contributed by atoms with Gasteiger partial charge in [-0.15, -0.1) is 11.3 Å². The first kappa shape index (κ1) is 14.2.